The van der Waals surface area contributed by atoms with Gasteiger partial charge in [0.15, 0.2) is 0 Å². The van der Waals surface area contributed by atoms with Crippen LogP contribution in [0.5, 0.6) is 0 Å². The van der Waals surface area contributed by atoms with E-state index in [9.17, 15) is 13.9 Å². The van der Waals surface area contributed by atoms with Gasteiger partial charge in [0, 0.05) is 51.0 Å². The lowest BCUT2D eigenvalue weighted by Gasteiger charge is -2.35. The van der Waals surface area contributed by atoms with Crippen molar-refractivity contribution in [3.8, 4) is 0 Å². The molecule has 0 bridgehead atoms. The molecule has 8 heteroatoms. The van der Waals surface area contributed by atoms with Gasteiger partial charge >= 0.3 is 0 Å². The summed E-state index contributed by atoms with van der Waals surface area (Å²) in [7, 11) is 0. The second-order valence-electron chi connectivity index (χ2n) is 7.25. The van der Waals surface area contributed by atoms with Crippen molar-refractivity contribution in [1.82, 2.24) is 15.0 Å². The molecule has 3 heterocycles. The lowest BCUT2D eigenvalue weighted by Crippen LogP contribution is -2.46. The zero-order valence-corrected chi connectivity index (χ0v) is 13.5. The molecule has 1 aliphatic carbocycles. The minimum absolute atomic E-state index is 0.0230. The predicted molar refractivity (Wildman–Crippen MR) is 80.0 cm³/mol. The number of hydrogen-bond donors (Lipinski definition) is 1. The van der Waals surface area contributed by atoms with Gasteiger partial charge < -0.3 is 14.6 Å². The van der Waals surface area contributed by atoms with E-state index >= 15 is 0 Å². The first-order valence-electron chi connectivity index (χ1n) is 8.68. The largest absolute Gasteiger partial charge is 0.388 e. The maximum atomic E-state index is 13.3. The first kappa shape index (κ1) is 16.4. The number of ether oxygens (including phenoxy) is 2. The molecule has 3 fully saturated rings. The molecule has 24 heavy (non-hydrogen) atoms. The van der Waals surface area contributed by atoms with Crippen molar-refractivity contribution in [1.29, 1.82) is 0 Å². The number of nitrogens with zero attached hydrogens (tertiary/aromatic N) is 3. The van der Waals surface area contributed by atoms with Crippen molar-refractivity contribution in [3.63, 3.8) is 0 Å². The number of alkyl halides is 2. The molecule has 6 nitrogen and oxygen atoms in total. The number of rotatable bonds is 2. The average Bonchev–Trinajstić information content (AvgIpc) is 3.15. The van der Waals surface area contributed by atoms with Crippen LogP contribution in [0.4, 0.5) is 8.78 Å². The molecular formula is C16H23F2N3O3. The summed E-state index contributed by atoms with van der Waals surface area (Å²) in [4.78, 5) is 0. The van der Waals surface area contributed by atoms with Crippen molar-refractivity contribution < 1.29 is 23.4 Å². The summed E-state index contributed by atoms with van der Waals surface area (Å²) in [5.41, 5.74) is 0.188. The zero-order valence-electron chi connectivity index (χ0n) is 13.5. The summed E-state index contributed by atoms with van der Waals surface area (Å²) in [5, 5.41) is 19.1. The van der Waals surface area contributed by atoms with Crippen LogP contribution >= 0.6 is 0 Å². The van der Waals surface area contributed by atoms with E-state index in [1.54, 1.807) is 10.9 Å². The summed E-state index contributed by atoms with van der Waals surface area (Å²) in [6.45, 7) is 1.55. The molecule has 0 radical (unpaired) electrons. The Morgan fingerprint density at radius 3 is 2.58 bits per heavy atom. The van der Waals surface area contributed by atoms with Gasteiger partial charge in [-0.05, 0) is 12.8 Å². The molecule has 1 aromatic rings. The quantitative estimate of drug-likeness (QED) is 0.890. The summed E-state index contributed by atoms with van der Waals surface area (Å²) in [6, 6.07) is -0.283. The fraction of sp³-hybridized carbons (Fsp3) is 0.875. The Morgan fingerprint density at radius 2 is 1.88 bits per heavy atom. The van der Waals surface area contributed by atoms with E-state index in [1.165, 1.54) is 0 Å². The van der Waals surface area contributed by atoms with Crippen molar-refractivity contribution in [3.05, 3.63) is 11.9 Å². The number of aromatic nitrogens is 3. The number of aliphatic hydroxyl groups excluding tert-OH is 1. The van der Waals surface area contributed by atoms with Crippen molar-refractivity contribution >= 4 is 0 Å². The summed E-state index contributed by atoms with van der Waals surface area (Å²) in [5.74, 6) is -2.52. The molecule has 2 atom stereocenters. The van der Waals surface area contributed by atoms with Crippen LogP contribution in [0.25, 0.3) is 0 Å². The predicted octanol–water partition coefficient (Wildman–Crippen LogP) is 2.05. The van der Waals surface area contributed by atoms with Crippen molar-refractivity contribution in [2.75, 3.05) is 19.8 Å². The second-order valence-corrected chi connectivity index (χ2v) is 7.25. The maximum absolute atomic E-state index is 13.3. The molecule has 2 saturated heterocycles. The first-order chi connectivity index (χ1) is 11.5. The molecule has 134 valence electrons. The van der Waals surface area contributed by atoms with Gasteiger partial charge in [0.25, 0.3) is 0 Å². The van der Waals surface area contributed by atoms with Gasteiger partial charge in [-0.2, -0.15) is 0 Å². The van der Waals surface area contributed by atoms with E-state index in [4.69, 9.17) is 9.47 Å². The molecule has 2 aliphatic heterocycles. The van der Waals surface area contributed by atoms with Crippen LogP contribution in [-0.4, -0.2) is 57.5 Å². The molecule has 3 aliphatic rings. The minimum atomic E-state index is -2.54. The van der Waals surface area contributed by atoms with E-state index in [0.717, 1.165) is 5.69 Å². The van der Waals surface area contributed by atoms with Crippen molar-refractivity contribution in [2.24, 2.45) is 0 Å². The van der Waals surface area contributed by atoms with Gasteiger partial charge in [0.05, 0.1) is 12.3 Å². The normalized spacial score (nSPS) is 33.1. The second kappa shape index (κ2) is 6.00. The Morgan fingerprint density at radius 1 is 1.17 bits per heavy atom. The van der Waals surface area contributed by atoms with Crippen LogP contribution in [0.3, 0.4) is 0 Å². The third-order valence-corrected chi connectivity index (χ3v) is 5.79. The molecule has 0 unspecified atom stereocenters. The SMILES string of the molecule is O[C@@H]1[C@@H](n2cc(C3CCC(F)(F)CC3)nn2)COC12CCOCC2. The molecule has 1 N–H and O–H groups in total. The lowest BCUT2D eigenvalue weighted by atomic mass is 9.85. The minimum Gasteiger partial charge on any atom is -0.388 e. The fourth-order valence-corrected chi connectivity index (χ4v) is 4.13. The maximum Gasteiger partial charge on any atom is 0.248 e. The Hall–Kier alpha value is -1.12. The zero-order chi connectivity index (χ0) is 16.8. The molecule has 0 aromatic carbocycles. The lowest BCUT2D eigenvalue weighted by molar-refractivity contribution is -0.120. The van der Waals surface area contributed by atoms with Crippen LogP contribution in [0, 0.1) is 0 Å². The highest BCUT2D eigenvalue weighted by atomic mass is 19.3. The molecule has 1 aromatic heterocycles. The van der Waals surface area contributed by atoms with E-state index in [1.807, 2.05) is 0 Å². The summed E-state index contributed by atoms with van der Waals surface area (Å²) >= 11 is 0. The van der Waals surface area contributed by atoms with Crippen LogP contribution in [0.15, 0.2) is 6.20 Å². The van der Waals surface area contributed by atoms with Gasteiger partial charge in [-0.1, -0.05) is 5.21 Å². The molecular weight excluding hydrogens is 320 g/mol. The van der Waals surface area contributed by atoms with Gasteiger partial charge in [-0.25, -0.2) is 13.5 Å². The summed E-state index contributed by atoms with van der Waals surface area (Å²) in [6.07, 6.45) is 3.14. The molecule has 4 rings (SSSR count). The third kappa shape index (κ3) is 2.84. The topological polar surface area (TPSA) is 69.4 Å². The average molecular weight is 343 g/mol. The van der Waals surface area contributed by atoms with Gasteiger partial charge in [-0.15, -0.1) is 5.10 Å². The Kier molecular flexibility index (Phi) is 4.09. The van der Waals surface area contributed by atoms with Gasteiger partial charge in [-0.3, -0.25) is 0 Å². The van der Waals surface area contributed by atoms with Gasteiger partial charge in [0.2, 0.25) is 5.92 Å². The third-order valence-electron chi connectivity index (χ3n) is 5.79. The Balaban J connectivity index is 1.45. The van der Waals surface area contributed by atoms with Crippen molar-refractivity contribution in [2.45, 2.75) is 68.1 Å². The fourth-order valence-electron chi connectivity index (χ4n) is 4.13. The molecule has 1 spiro atoms. The number of aliphatic hydroxyl groups is 1. The number of hydrogen-bond acceptors (Lipinski definition) is 5. The Labute approximate surface area is 139 Å². The van der Waals surface area contributed by atoms with Crippen LogP contribution in [-0.2, 0) is 9.47 Å². The molecule has 0 amide bonds. The standard InChI is InChI=1S/C16H23F2N3O3/c17-16(18)3-1-11(2-4-16)12-9-21(20-19-12)13-10-24-15(14(13)22)5-7-23-8-6-15/h9,11,13-14,22H,1-8,10H2/t13-,14+/m0/s1. The smallest absolute Gasteiger partial charge is 0.248 e. The number of halogens is 2. The van der Waals surface area contributed by atoms with E-state index in [-0.39, 0.29) is 24.8 Å². The highest BCUT2D eigenvalue weighted by molar-refractivity contribution is 5.07. The van der Waals surface area contributed by atoms with E-state index in [0.29, 0.717) is 45.5 Å². The highest BCUT2D eigenvalue weighted by Gasteiger charge is 2.51. The molecule has 1 saturated carbocycles. The van der Waals surface area contributed by atoms with Crippen LogP contribution < -0.4 is 0 Å². The van der Waals surface area contributed by atoms with Crippen LogP contribution in [0.1, 0.15) is 56.2 Å². The monoisotopic (exact) mass is 343 g/mol. The summed E-state index contributed by atoms with van der Waals surface area (Å²) < 4.78 is 39.5. The van der Waals surface area contributed by atoms with E-state index < -0.39 is 17.6 Å². The first-order valence-corrected chi connectivity index (χ1v) is 8.68. The van der Waals surface area contributed by atoms with Crippen LogP contribution in [0.2, 0.25) is 0 Å². The van der Waals surface area contributed by atoms with Gasteiger partial charge in [0.1, 0.15) is 17.7 Å². The Bertz CT molecular complexity index is 579. The highest BCUT2D eigenvalue weighted by Crippen LogP contribution is 2.42. The van der Waals surface area contributed by atoms with E-state index in [2.05, 4.69) is 10.3 Å².